The molecule has 1 heterocycles. The van der Waals surface area contributed by atoms with Gasteiger partial charge >= 0.3 is 0 Å². The number of aryl methyl sites for hydroxylation is 1. The van der Waals surface area contributed by atoms with Crippen molar-refractivity contribution in [1.29, 1.82) is 0 Å². The predicted molar refractivity (Wildman–Crippen MR) is 54.0 cm³/mol. The average molecular weight is 199 g/mol. The lowest BCUT2D eigenvalue weighted by molar-refractivity contribution is 0.645. The Morgan fingerprint density at radius 3 is 3.08 bits per heavy atom. The average Bonchev–Trinajstić information content (AvgIpc) is 2.88. The molecule has 72 valence electrons. The van der Waals surface area contributed by atoms with Crippen molar-refractivity contribution in [2.45, 2.75) is 38.1 Å². The number of hydrogen-bond donors (Lipinski definition) is 0. The Balaban J connectivity index is 1.99. The van der Waals surface area contributed by atoms with E-state index in [9.17, 15) is 0 Å². The van der Waals surface area contributed by atoms with Crippen LogP contribution in [-0.4, -0.2) is 14.9 Å². The fourth-order valence-electron chi connectivity index (χ4n) is 1.62. The van der Waals surface area contributed by atoms with Gasteiger partial charge in [0.15, 0.2) is 0 Å². The van der Waals surface area contributed by atoms with E-state index in [0.717, 1.165) is 24.7 Å². The minimum Gasteiger partial charge on any atom is -0.335 e. The number of imidazole rings is 1. The van der Waals surface area contributed by atoms with Gasteiger partial charge in [0.05, 0.1) is 0 Å². The second-order valence-corrected chi connectivity index (χ2v) is 4.25. The first-order valence-corrected chi connectivity index (χ1v) is 5.39. The van der Waals surface area contributed by atoms with E-state index in [4.69, 9.17) is 11.6 Å². The van der Waals surface area contributed by atoms with Crippen LogP contribution in [0.2, 0.25) is 0 Å². The molecular weight excluding hydrogens is 184 g/mol. The molecule has 0 amide bonds. The van der Waals surface area contributed by atoms with E-state index in [1.807, 2.05) is 12.4 Å². The van der Waals surface area contributed by atoms with Crippen LogP contribution in [-0.2, 0) is 13.0 Å². The first kappa shape index (κ1) is 9.07. The Bertz CT molecular complexity index is 278. The van der Waals surface area contributed by atoms with Crippen molar-refractivity contribution in [2.75, 3.05) is 0 Å². The topological polar surface area (TPSA) is 17.8 Å². The minimum atomic E-state index is 0.299. The summed E-state index contributed by atoms with van der Waals surface area (Å²) in [7, 11) is 0. The normalized spacial score (nSPS) is 18.9. The highest BCUT2D eigenvalue weighted by Gasteiger charge is 2.30. The van der Waals surface area contributed by atoms with Crippen molar-refractivity contribution in [2.24, 2.45) is 5.92 Å². The molecule has 0 radical (unpaired) electrons. The molecule has 0 spiro atoms. The lowest BCUT2D eigenvalue weighted by Crippen LogP contribution is -2.11. The van der Waals surface area contributed by atoms with Crippen LogP contribution in [0.5, 0.6) is 0 Å². The summed E-state index contributed by atoms with van der Waals surface area (Å²) in [5.74, 6) is 1.89. The molecule has 1 unspecified atom stereocenters. The number of rotatable bonds is 4. The molecule has 0 aromatic carbocycles. The molecule has 1 aromatic heterocycles. The number of hydrogen-bond acceptors (Lipinski definition) is 1. The molecule has 1 atom stereocenters. The third kappa shape index (κ3) is 2.05. The van der Waals surface area contributed by atoms with E-state index >= 15 is 0 Å². The predicted octanol–water partition coefficient (Wildman–Crippen LogP) is 2.46. The molecule has 0 N–H and O–H groups in total. The summed E-state index contributed by atoms with van der Waals surface area (Å²) in [5.41, 5.74) is 0. The van der Waals surface area contributed by atoms with E-state index < -0.39 is 0 Å². The van der Waals surface area contributed by atoms with Crippen LogP contribution < -0.4 is 0 Å². The summed E-state index contributed by atoms with van der Waals surface area (Å²) >= 11 is 6.25. The smallest absolute Gasteiger partial charge is 0.110 e. The van der Waals surface area contributed by atoms with Gasteiger partial charge in [-0.25, -0.2) is 4.98 Å². The second-order valence-electron chi connectivity index (χ2n) is 3.69. The van der Waals surface area contributed by atoms with Crippen LogP contribution >= 0.6 is 11.6 Å². The molecule has 1 aliphatic carbocycles. The summed E-state index contributed by atoms with van der Waals surface area (Å²) in [6, 6.07) is 0. The molecule has 3 heteroatoms. The SMILES string of the molecule is CCn1ccnc1CC(Cl)C1CC1. The zero-order chi connectivity index (χ0) is 9.26. The Kier molecular flexibility index (Phi) is 2.58. The Labute approximate surface area is 83.9 Å². The molecule has 0 bridgehead atoms. The van der Waals surface area contributed by atoms with Gasteiger partial charge < -0.3 is 4.57 Å². The van der Waals surface area contributed by atoms with Crippen molar-refractivity contribution >= 4 is 11.6 Å². The highest BCUT2D eigenvalue weighted by atomic mass is 35.5. The van der Waals surface area contributed by atoms with Crippen LogP contribution in [0.1, 0.15) is 25.6 Å². The molecule has 0 saturated heterocycles. The standard InChI is InChI=1S/C10H15ClN2/c1-2-13-6-5-12-10(13)7-9(11)8-3-4-8/h5-6,8-9H,2-4,7H2,1H3. The maximum atomic E-state index is 6.25. The lowest BCUT2D eigenvalue weighted by Gasteiger charge is -2.08. The molecule has 2 rings (SSSR count). The van der Waals surface area contributed by atoms with Crippen molar-refractivity contribution in [3.8, 4) is 0 Å². The van der Waals surface area contributed by atoms with E-state index in [-0.39, 0.29) is 0 Å². The van der Waals surface area contributed by atoms with Gasteiger partial charge in [-0.15, -0.1) is 11.6 Å². The third-order valence-corrected chi connectivity index (χ3v) is 3.16. The van der Waals surface area contributed by atoms with E-state index in [2.05, 4.69) is 16.5 Å². The van der Waals surface area contributed by atoms with Crippen LogP contribution in [0.3, 0.4) is 0 Å². The van der Waals surface area contributed by atoms with E-state index in [0.29, 0.717) is 5.38 Å². The lowest BCUT2D eigenvalue weighted by atomic mass is 10.2. The Morgan fingerprint density at radius 2 is 2.46 bits per heavy atom. The molecule has 1 aliphatic rings. The molecule has 0 aliphatic heterocycles. The zero-order valence-corrected chi connectivity index (χ0v) is 8.67. The highest BCUT2D eigenvalue weighted by molar-refractivity contribution is 6.21. The number of halogens is 1. The first-order valence-electron chi connectivity index (χ1n) is 4.95. The monoisotopic (exact) mass is 198 g/mol. The number of aromatic nitrogens is 2. The van der Waals surface area contributed by atoms with Gasteiger partial charge in [0.2, 0.25) is 0 Å². The summed E-state index contributed by atoms with van der Waals surface area (Å²) in [4.78, 5) is 4.32. The number of alkyl halides is 1. The maximum absolute atomic E-state index is 6.25. The summed E-state index contributed by atoms with van der Waals surface area (Å²) in [5, 5.41) is 0.299. The fourth-order valence-corrected chi connectivity index (χ4v) is 2.01. The van der Waals surface area contributed by atoms with Gasteiger partial charge in [-0.3, -0.25) is 0 Å². The van der Waals surface area contributed by atoms with Gasteiger partial charge in [-0.2, -0.15) is 0 Å². The van der Waals surface area contributed by atoms with Crippen LogP contribution in [0, 0.1) is 5.92 Å². The Morgan fingerprint density at radius 1 is 1.69 bits per heavy atom. The van der Waals surface area contributed by atoms with Crippen molar-refractivity contribution in [1.82, 2.24) is 9.55 Å². The second kappa shape index (κ2) is 3.70. The van der Waals surface area contributed by atoms with Gasteiger partial charge in [0.1, 0.15) is 5.82 Å². The molecule has 13 heavy (non-hydrogen) atoms. The number of nitrogens with zero attached hydrogens (tertiary/aromatic N) is 2. The largest absolute Gasteiger partial charge is 0.335 e. The molecule has 1 fully saturated rings. The van der Waals surface area contributed by atoms with E-state index in [1.165, 1.54) is 12.8 Å². The van der Waals surface area contributed by atoms with Crippen LogP contribution in [0.4, 0.5) is 0 Å². The summed E-state index contributed by atoms with van der Waals surface area (Å²) in [6.45, 7) is 3.12. The van der Waals surface area contributed by atoms with Crippen LogP contribution in [0.25, 0.3) is 0 Å². The molecule has 1 saturated carbocycles. The molecule has 1 aromatic rings. The van der Waals surface area contributed by atoms with Crippen molar-refractivity contribution < 1.29 is 0 Å². The third-order valence-electron chi connectivity index (χ3n) is 2.65. The van der Waals surface area contributed by atoms with Gasteiger partial charge in [-0.05, 0) is 25.7 Å². The van der Waals surface area contributed by atoms with E-state index in [1.54, 1.807) is 0 Å². The highest BCUT2D eigenvalue weighted by Crippen LogP contribution is 2.36. The van der Waals surface area contributed by atoms with Crippen molar-refractivity contribution in [3.05, 3.63) is 18.2 Å². The molecule has 2 nitrogen and oxygen atoms in total. The van der Waals surface area contributed by atoms with Gasteiger partial charge in [-0.1, -0.05) is 0 Å². The van der Waals surface area contributed by atoms with Gasteiger partial charge in [0.25, 0.3) is 0 Å². The Hall–Kier alpha value is -0.500. The molecular formula is C10H15ClN2. The maximum Gasteiger partial charge on any atom is 0.110 e. The van der Waals surface area contributed by atoms with Gasteiger partial charge in [0, 0.05) is 30.7 Å². The quantitative estimate of drug-likeness (QED) is 0.680. The zero-order valence-electron chi connectivity index (χ0n) is 7.91. The summed E-state index contributed by atoms with van der Waals surface area (Å²) < 4.78 is 2.16. The van der Waals surface area contributed by atoms with Crippen molar-refractivity contribution in [3.63, 3.8) is 0 Å². The van der Waals surface area contributed by atoms with Crippen LogP contribution in [0.15, 0.2) is 12.4 Å². The first-order chi connectivity index (χ1) is 6.31. The summed E-state index contributed by atoms with van der Waals surface area (Å²) in [6.07, 6.45) is 7.41. The fraction of sp³-hybridized carbons (Fsp3) is 0.700. The minimum absolute atomic E-state index is 0.299.